The van der Waals surface area contributed by atoms with Gasteiger partial charge in [-0.3, -0.25) is 0 Å². The van der Waals surface area contributed by atoms with E-state index in [1.807, 2.05) is 19.1 Å². The predicted molar refractivity (Wildman–Crippen MR) is 94.6 cm³/mol. The van der Waals surface area contributed by atoms with E-state index in [-0.39, 0.29) is 6.61 Å². The molecule has 124 valence electrons. The molecule has 24 heavy (non-hydrogen) atoms. The first-order chi connectivity index (χ1) is 11.5. The minimum Gasteiger partial charge on any atom is -0.482 e. The van der Waals surface area contributed by atoms with Crippen LogP contribution in [0.1, 0.15) is 17.3 Å². The maximum atomic E-state index is 6.08. The summed E-state index contributed by atoms with van der Waals surface area (Å²) >= 11 is 17.3. The largest absolute Gasteiger partial charge is 0.482 e. The van der Waals surface area contributed by atoms with E-state index < -0.39 is 0 Å². The Bertz CT molecular complexity index is 925. The van der Waals surface area contributed by atoms with Crippen molar-refractivity contribution in [3.8, 4) is 5.75 Å². The lowest BCUT2D eigenvalue weighted by Gasteiger charge is -2.08. The lowest BCUT2D eigenvalue weighted by Crippen LogP contribution is -2.04. The topological polar surface area (TPSA) is 68.3 Å². The second-order valence-electron chi connectivity index (χ2n) is 4.79. The fourth-order valence-electron chi connectivity index (χ4n) is 1.93. The minimum absolute atomic E-state index is 0.0884. The summed E-state index contributed by atoms with van der Waals surface area (Å²) in [5.41, 5.74) is 0. The number of hydrogen-bond donors (Lipinski definition) is 1. The maximum absolute atomic E-state index is 6.08. The molecule has 0 amide bonds. The number of aromatic nitrogens is 3. The van der Waals surface area contributed by atoms with Crippen LogP contribution in [0.25, 0.3) is 0 Å². The Balaban J connectivity index is 1.80. The molecular weight excluding hydrogens is 371 g/mol. The number of furan rings is 1. The Hall–Kier alpha value is -2.09. The Morgan fingerprint density at radius 3 is 2.75 bits per heavy atom. The van der Waals surface area contributed by atoms with Crippen LogP contribution in [0.5, 0.6) is 5.75 Å². The molecule has 1 N–H and O–H groups in total. The highest BCUT2D eigenvalue weighted by molar-refractivity contribution is 7.71. The molecule has 0 fully saturated rings. The molecule has 9 heteroatoms. The van der Waals surface area contributed by atoms with E-state index in [1.54, 1.807) is 24.4 Å². The number of halogens is 2. The van der Waals surface area contributed by atoms with Gasteiger partial charge in [0.1, 0.15) is 18.1 Å². The first-order valence-electron chi connectivity index (χ1n) is 6.88. The van der Waals surface area contributed by atoms with Crippen LogP contribution >= 0.6 is 35.4 Å². The number of nitrogens with one attached hydrogen (secondary N) is 1. The first-order valence-corrected chi connectivity index (χ1v) is 8.05. The number of aromatic amines is 1. The molecule has 0 unspecified atom stereocenters. The number of benzene rings is 1. The van der Waals surface area contributed by atoms with Crippen LogP contribution in [0.15, 0.2) is 39.9 Å². The van der Waals surface area contributed by atoms with Gasteiger partial charge in [-0.15, -0.1) is 0 Å². The summed E-state index contributed by atoms with van der Waals surface area (Å²) in [6, 6.07) is 8.78. The third kappa shape index (κ3) is 3.69. The molecule has 3 rings (SSSR count). The number of ether oxygens (including phenoxy) is 1. The zero-order chi connectivity index (χ0) is 17.1. The third-order valence-corrected chi connectivity index (χ3v) is 3.90. The van der Waals surface area contributed by atoms with E-state index in [9.17, 15) is 0 Å². The van der Waals surface area contributed by atoms with E-state index >= 15 is 0 Å². The standard InChI is InChI=1S/C15H12Cl2N4O2S/c1-9-5-6-10(23-9)7-18-21-13(19-20-15(21)24)8-22-14-11(16)3-2-4-12(14)17/h2-7H,8H2,1H3,(H,20,24)/b18-7-. The summed E-state index contributed by atoms with van der Waals surface area (Å²) in [7, 11) is 0. The molecule has 0 bridgehead atoms. The van der Waals surface area contributed by atoms with Crippen LogP contribution in [0.4, 0.5) is 0 Å². The van der Waals surface area contributed by atoms with Gasteiger partial charge in [-0.1, -0.05) is 29.3 Å². The van der Waals surface area contributed by atoms with Crippen LogP contribution in [0, 0.1) is 11.7 Å². The summed E-state index contributed by atoms with van der Waals surface area (Å²) in [5, 5.41) is 11.9. The second kappa shape index (κ2) is 7.21. The van der Waals surface area contributed by atoms with Crippen molar-refractivity contribution in [1.29, 1.82) is 0 Å². The van der Waals surface area contributed by atoms with Gasteiger partial charge in [0.2, 0.25) is 4.77 Å². The Kier molecular flexibility index (Phi) is 5.03. The summed E-state index contributed by atoms with van der Waals surface area (Å²) < 4.78 is 12.9. The van der Waals surface area contributed by atoms with Gasteiger partial charge in [0.25, 0.3) is 0 Å². The van der Waals surface area contributed by atoms with E-state index in [1.165, 1.54) is 4.68 Å². The van der Waals surface area contributed by atoms with Gasteiger partial charge >= 0.3 is 0 Å². The number of H-pyrrole nitrogens is 1. The SMILES string of the molecule is Cc1ccc(/C=N\n2c(COc3c(Cl)cccc3Cl)n[nH]c2=S)o1. The molecular formula is C15H12Cl2N4O2S. The molecule has 0 atom stereocenters. The normalized spacial score (nSPS) is 11.3. The fourth-order valence-corrected chi connectivity index (χ4v) is 2.64. The van der Waals surface area contributed by atoms with Crippen molar-refractivity contribution in [2.24, 2.45) is 5.10 Å². The highest BCUT2D eigenvalue weighted by Gasteiger charge is 2.11. The highest BCUT2D eigenvalue weighted by Crippen LogP contribution is 2.32. The number of nitrogens with zero attached hydrogens (tertiary/aromatic N) is 3. The molecule has 0 saturated heterocycles. The van der Waals surface area contributed by atoms with Gasteiger partial charge < -0.3 is 9.15 Å². The maximum Gasteiger partial charge on any atom is 0.216 e. The molecule has 1 aromatic carbocycles. The number of para-hydroxylation sites is 1. The second-order valence-corrected chi connectivity index (χ2v) is 5.99. The van der Waals surface area contributed by atoms with Gasteiger partial charge in [0, 0.05) is 0 Å². The first kappa shape index (κ1) is 16.8. The van der Waals surface area contributed by atoms with Crippen LogP contribution in [-0.2, 0) is 6.61 Å². The van der Waals surface area contributed by atoms with Crippen molar-refractivity contribution >= 4 is 41.6 Å². The van der Waals surface area contributed by atoms with Crippen molar-refractivity contribution in [3.63, 3.8) is 0 Å². The van der Waals surface area contributed by atoms with Gasteiger partial charge in [-0.05, 0) is 43.4 Å². The molecule has 6 nitrogen and oxygen atoms in total. The van der Waals surface area contributed by atoms with Crippen LogP contribution in [0.3, 0.4) is 0 Å². The van der Waals surface area contributed by atoms with Crippen molar-refractivity contribution < 1.29 is 9.15 Å². The number of rotatable bonds is 5. The third-order valence-electron chi connectivity index (χ3n) is 3.04. The van der Waals surface area contributed by atoms with Gasteiger partial charge in [-0.2, -0.15) is 14.9 Å². The molecule has 2 heterocycles. The highest BCUT2D eigenvalue weighted by atomic mass is 35.5. The lowest BCUT2D eigenvalue weighted by molar-refractivity contribution is 0.291. The molecule has 2 aromatic heterocycles. The Labute approximate surface area is 152 Å². The molecule has 0 radical (unpaired) electrons. The Morgan fingerprint density at radius 1 is 1.33 bits per heavy atom. The van der Waals surface area contributed by atoms with Gasteiger partial charge in [-0.25, -0.2) is 5.10 Å². The molecule has 3 aromatic rings. The fraction of sp³-hybridized carbons (Fsp3) is 0.133. The molecule has 0 aliphatic heterocycles. The minimum atomic E-state index is 0.0884. The van der Waals surface area contributed by atoms with Crippen molar-refractivity contribution in [1.82, 2.24) is 14.9 Å². The van der Waals surface area contributed by atoms with Crippen LogP contribution < -0.4 is 4.74 Å². The average molecular weight is 383 g/mol. The molecule has 0 aliphatic carbocycles. The van der Waals surface area contributed by atoms with Gasteiger partial charge in [0.05, 0.1) is 16.3 Å². The predicted octanol–water partition coefficient (Wildman–Crippen LogP) is 4.61. The quantitative estimate of drug-likeness (QED) is 0.516. The smallest absolute Gasteiger partial charge is 0.216 e. The van der Waals surface area contributed by atoms with Crippen LogP contribution in [0.2, 0.25) is 10.0 Å². The van der Waals surface area contributed by atoms with Gasteiger partial charge in [0.15, 0.2) is 11.6 Å². The van der Waals surface area contributed by atoms with E-state index in [2.05, 4.69) is 15.3 Å². The monoisotopic (exact) mass is 382 g/mol. The summed E-state index contributed by atoms with van der Waals surface area (Å²) in [5.74, 6) is 2.25. The van der Waals surface area contributed by atoms with E-state index in [4.69, 9.17) is 44.6 Å². The zero-order valence-electron chi connectivity index (χ0n) is 12.5. The summed E-state index contributed by atoms with van der Waals surface area (Å²) in [6.45, 7) is 1.94. The lowest BCUT2D eigenvalue weighted by atomic mass is 10.3. The zero-order valence-corrected chi connectivity index (χ0v) is 14.8. The molecule has 0 aliphatic rings. The molecule has 0 saturated carbocycles. The van der Waals surface area contributed by atoms with Crippen LogP contribution in [-0.4, -0.2) is 21.1 Å². The van der Waals surface area contributed by atoms with Crippen molar-refractivity contribution in [3.05, 3.63) is 62.5 Å². The summed E-state index contributed by atoms with van der Waals surface area (Å²) in [4.78, 5) is 0. The average Bonchev–Trinajstić information content (AvgIpc) is 3.11. The Morgan fingerprint density at radius 2 is 2.08 bits per heavy atom. The van der Waals surface area contributed by atoms with E-state index in [0.29, 0.717) is 32.2 Å². The summed E-state index contributed by atoms with van der Waals surface area (Å²) in [6.07, 6.45) is 1.55. The van der Waals surface area contributed by atoms with Crippen molar-refractivity contribution in [2.75, 3.05) is 0 Å². The molecule has 0 spiro atoms. The number of aryl methyl sites for hydroxylation is 1. The number of hydrogen-bond acceptors (Lipinski definition) is 5. The van der Waals surface area contributed by atoms with Crippen molar-refractivity contribution in [2.45, 2.75) is 13.5 Å². The van der Waals surface area contributed by atoms with E-state index in [0.717, 1.165) is 5.76 Å².